The zero-order valence-corrected chi connectivity index (χ0v) is 30.9. The zero-order valence-electron chi connectivity index (χ0n) is 30.1. The summed E-state index contributed by atoms with van der Waals surface area (Å²) in [5.74, 6) is -2.35. The van der Waals surface area contributed by atoms with Crippen LogP contribution in [0.2, 0.25) is 0 Å². The van der Waals surface area contributed by atoms with Crippen LogP contribution in [0.3, 0.4) is 0 Å². The number of carbonyl (C=O) groups excluding carboxylic acids is 4. The molecule has 0 bridgehead atoms. The SMILES string of the molecule is C=C[C@@H]1C[C@]1(NC(=O)[C@@H]1C[C@@]2(CN1C(=O)[C@@H](NC(=O)[C@@H](N)C1CCCCC1)C(C)(C)C)C(C)(C)C21CCC1)C(=O)NS(=O)(=O)N1CCCC1. The number of carbonyl (C=O) groups is 4. The lowest BCUT2D eigenvalue weighted by Gasteiger charge is -2.37. The molecule has 0 aromatic rings. The van der Waals surface area contributed by atoms with Gasteiger partial charge in [-0.1, -0.05) is 66.4 Å². The van der Waals surface area contributed by atoms with Crippen LogP contribution in [0.1, 0.15) is 112 Å². The maximum atomic E-state index is 14.8. The molecule has 2 heterocycles. The standard InChI is InChI=1S/C36H58N6O6S/c1-7-24-20-36(24,31(46)40-49(47,48)41-18-11-12-19-41)39-28(43)25-21-35(33(5,6)34(35)16-13-17-34)22-42(25)30(45)27(32(2,3)4)38-29(44)26(37)23-14-9-8-10-15-23/h7,23-27H,1,8-22,37H2,2-6H3,(H,38,44)(H,39,43)(H,40,46)/t24-,25+,26+,27-,35-,36-/m1/s1. The highest BCUT2D eigenvalue weighted by Crippen LogP contribution is 2.88. The Bertz CT molecular complexity index is 1490. The lowest BCUT2D eigenvalue weighted by atomic mass is 9.73. The van der Waals surface area contributed by atoms with E-state index in [0.29, 0.717) is 26.1 Å². The molecule has 6 aliphatic rings. The molecule has 0 radical (unpaired) electrons. The molecular weight excluding hydrogens is 644 g/mol. The summed E-state index contributed by atoms with van der Waals surface area (Å²) in [5, 5.41) is 5.96. The molecule has 2 saturated heterocycles. The van der Waals surface area contributed by atoms with Crippen molar-refractivity contribution in [3.8, 4) is 0 Å². The fourth-order valence-electron chi connectivity index (χ4n) is 10.4. The van der Waals surface area contributed by atoms with Crippen molar-refractivity contribution in [1.82, 2.24) is 24.6 Å². The van der Waals surface area contributed by atoms with Crippen LogP contribution in [0.5, 0.6) is 0 Å². The van der Waals surface area contributed by atoms with Gasteiger partial charge in [-0.2, -0.15) is 12.7 Å². The Hall–Kier alpha value is -2.51. The third-order valence-electron chi connectivity index (χ3n) is 13.9. The topological polar surface area (TPSA) is 171 Å². The van der Waals surface area contributed by atoms with Crippen LogP contribution in [0.15, 0.2) is 12.7 Å². The average Bonchev–Trinajstić information content (AvgIpc) is 3.49. The maximum absolute atomic E-state index is 14.8. The number of hydrogen-bond donors (Lipinski definition) is 4. The van der Waals surface area contributed by atoms with Crippen LogP contribution in [0, 0.1) is 33.5 Å². The van der Waals surface area contributed by atoms with Crippen molar-refractivity contribution in [2.45, 2.75) is 135 Å². The lowest BCUT2D eigenvalue weighted by molar-refractivity contribution is -0.145. The molecule has 6 atom stereocenters. The first-order valence-corrected chi connectivity index (χ1v) is 19.9. The molecule has 13 heteroatoms. The molecule has 4 saturated carbocycles. The Labute approximate surface area is 292 Å². The van der Waals surface area contributed by atoms with Gasteiger partial charge in [0.1, 0.15) is 17.6 Å². The van der Waals surface area contributed by atoms with E-state index in [0.717, 1.165) is 64.2 Å². The molecule has 0 aromatic carbocycles. The summed E-state index contributed by atoms with van der Waals surface area (Å²) in [5.41, 5.74) is 3.97. The minimum atomic E-state index is -4.07. The first-order valence-electron chi connectivity index (χ1n) is 18.5. The number of amides is 4. The summed E-state index contributed by atoms with van der Waals surface area (Å²) in [4.78, 5) is 58.1. The van der Waals surface area contributed by atoms with E-state index in [4.69, 9.17) is 5.73 Å². The van der Waals surface area contributed by atoms with Crippen LogP contribution in [-0.2, 0) is 29.4 Å². The van der Waals surface area contributed by atoms with Crippen molar-refractivity contribution >= 4 is 33.8 Å². The molecule has 4 aliphatic carbocycles. The fraction of sp³-hybridized carbons (Fsp3) is 0.833. The Morgan fingerprint density at radius 3 is 2.08 bits per heavy atom. The van der Waals surface area contributed by atoms with Gasteiger partial charge in [-0.25, -0.2) is 4.72 Å². The van der Waals surface area contributed by atoms with Gasteiger partial charge >= 0.3 is 10.2 Å². The molecule has 2 spiro atoms. The van der Waals surface area contributed by atoms with Gasteiger partial charge in [0.05, 0.1) is 6.04 Å². The largest absolute Gasteiger partial charge is 0.342 e. The van der Waals surface area contributed by atoms with Crippen LogP contribution >= 0.6 is 0 Å². The van der Waals surface area contributed by atoms with Gasteiger partial charge in [-0.3, -0.25) is 19.2 Å². The van der Waals surface area contributed by atoms with E-state index < -0.39 is 57.0 Å². The van der Waals surface area contributed by atoms with Crippen molar-refractivity contribution < 1.29 is 27.6 Å². The Morgan fingerprint density at radius 1 is 0.939 bits per heavy atom. The van der Waals surface area contributed by atoms with Crippen LogP contribution in [-0.4, -0.2) is 84.6 Å². The Balaban J connectivity index is 1.26. The van der Waals surface area contributed by atoms with E-state index in [1.165, 1.54) is 4.31 Å². The summed E-state index contributed by atoms with van der Waals surface area (Å²) < 4.78 is 29.5. The third kappa shape index (κ3) is 5.73. The van der Waals surface area contributed by atoms with Crippen molar-refractivity contribution in [1.29, 1.82) is 0 Å². The number of nitrogens with two attached hydrogens (primary N) is 1. The van der Waals surface area contributed by atoms with Crippen molar-refractivity contribution in [2.75, 3.05) is 19.6 Å². The first kappa shape index (κ1) is 36.3. The second kappa shape index (κ2) is 12.3. The van der Waals surface area contributed by atoms with E-state index in [-0.39, 0.29) is 40.4 Å². The number of likely N-dealkylation sites (tertiary alicyclic amines) is 1. The van der Waals surface area contributed by atoms with Crippen molar-refractivity contribution in [3.05, 3.63) is 12.7 Å². The molecule has 0 unspecified atom stereocenters. The van der Waals surface area contributed by atoms with Gasteiger partial charge in [0.2, 0.25) is 17.7 Å². The second-order valence-corrected chi connectivity index (χ2v) is 19.3. The van der Waals surface area contributed by atoms with E-state index in [1.54, 1.807) is 11.0 Å². The Morgan fingerprint density at radius 2 is 1.57 bits per heavy atom. The first-order chi connectivity index (χ1) is 22.9. The molecule has 12 nitrogen and oxygen atoms in total. The van der Waals surface area contributed by atoms with Gasteiger partial charge in [-0.05, 0) is 73.5 Å². The number of hydrogen-bond acceptors (Lipinski definition) is 7. The molecule has 4 amide bonds. The van der Waals surface area contributed by atoms with Gasteiger partial charge in [0.25, 0.3) is 5.91 Å². The monoisotopic (exact) mass is 702 g/mol. The highest BCUT2D eigenvalue weighted by atomic mass is 32.2. The minimum Gasteiger partial charge on any atom is -0.342 e. The molecule has 6 fully saturated rings. The third-order valence-corrected chi connectivity index (χ3v) is 15.4. The zero-order chi connectivity index (χ0) is 35.8. The number of fused-ring (bicyclic) bond motifs is 1. The molecule has 2 aliphatic heterocycles. The van der Waals surface area contributed by atoms with E-state index in [9.17, 15) is 27.6 Å². The Kier molecular flexibility index (Phi) is 9.12. The molecular formula is C36H58N6O6S. The summed E-state index contributed by atoms with van der Waals surface area (Å²) in [6, 6.07) is -2.54. The fourth-order valence-corrected chi connectivity index (χ4v) is 11.6. The molecule has 49 heavy (non-hydrogen) atoms. The van der Waals surface area contributed by atoms with Gasteiger partial charge < -0.3 is 21.3 Å². The number of rotatable bonds is 10. The molecule has 0 aromatic heterocycles. The summed E-state index contributed by atoms with van der Waals surface area (Å²) in [6.45, 7) is 15.0. The molecule has 6 rings (SSSR count). The van der Waals surface area contributed by atoms with Crippen LogP contribution < -0.4 is 21.1 Å². The van der Waals surface area contributed by atoms with Gasteiger partial charge in [0.15, 0.2) is 0 Å². The molecule has 274 valence electrons. The normalized spacial score (nSPS) is 33.4. The van der Waals surface area contributed by atoms with Crippen LogP contribution in [0.4, 0.5) is 0 Å². The lowest BCUT2D eigenvalue weighted by Crippen LogP contribution is -2.61. The highest BCUT2D eigenvalue weighted by Gasteiger charge is 2.85. The predicted molar refractivity (Wildman–Crippen MR) is 186 cm³/mol. The minimum absolute atomic E-state index is 0.0273. The second-order valence-electron chi connectivity index (χ2n) is 17.6. The number of nitrogens with one attached hydrogen (secondary N) is 3. The van der Waals surface area contributed by atoms with Crippen molar-refractivity contribution in [2.24, 2.45) is 39.2 Å². The van der Waals surface area contributed by atoms with Crippen LogP contribution in [0.25, 0.3) is 0 Å². The van der Waals surface area contributed by atoms with Gasteiger partial charge in [0, 0.05) is 31.0 Å². The highest BCUT2D eigenvalue weighted by molar-refractivity contribution is 7.87. The van der Waals surface area contributed by atoms with E-state index >= 15 is 0 Å². The van der Waals surface area contributed by atoms with E-state index in [1.807, 2.05) is 20.8 Å². The maximum Gasteiger partial charge on any atom is 0.303 e. The van der Waals surface area contributed by atoms with Gasteiger partial charge in [-0.15, -0.1) is 6.58 Å². The smallest absolute Gasteiger partial charge is 0.303 e. The summed E-state index contributed by atoms with van der Waals surface area (Å²) in [6.07, 6.45) is 11.8. The molecule has 5 N–H and O–H groups in total. The average molecular weight is 703 g/mol. The number of nitrogens with zero attached hydrogens (tertiary/aromatic N) is 2. The predicted octanol–water partition coefficient (Wildman–Crippen LogP) is 2.74. The quantitative estimate of drug-likeness (QED) is 0.254. The summed E-state index contributed by atoms with van der Waals surface area (Å²) >= 11 is 0. The van der Waals surface area contributed by atoms with Crippen molar-refractivity contribution in [3.63, 3.8) is 0 Å². The summed E-state index contributed by atoms with van der Waals surface area (Å²) in [7, 11) is -4.07. The van der Waals surface area contributed by atoms with E-state index in [2.05, 4.69) is 35.8 Å².